The van der Waals surface area contributed by atoms with E-state index in [0.717, 1.165) is 28.4 Å². The number of hydrogen-bond acceptors (Lipinski definition) is 4. The minimum atomic E-state index is -0.274. The molecule has 0 amide bonds. The number of para-hydroxylation sites is 1. The number of carbonyl (C=O) groups is 1. The summed E-state index contributed by atoms with van der Waals surface area (Å²) in [6.45, 7) is 2.95. The maximum atomic E-state index is 12.9. The van der Waals surface area contributed by atoms with E-state index in [1.165, 1.54) is 20.3 Å². The van der Waals surface area contributed by atoms with E-state index in [2.05, 4.69) is 23.6 Å². The number of methoxy groups -OCH3 is 2. The minimum Gasteiger partial charge on any atom is -0.507 e. The van der Waals surface area contributed by atoms with Crippen LogP contribution in [-0.4, -0.2) is 29.7 Å². The van der Waals surface area contributed by atoms with Gasteiger partial charge in [-0.25, -0.2) is 0 Å². The molecule has 0 saturated carbocycles. The van der Waals surface area contributed by atoms with Gasteiger partial charge < -0.3 is 19.1 Å². The highest BCUT2D eigenvalue weighted by Gasteiger charge is 2.13. The van der Waals surface area contributed by atoms with Crippen LogP contribution in [0.15, 0.2) is 66.7 Å². The summed E-state index contributed by atoms with van der Waals surface area (Å²) in [5.41, 5.74) is 3.19. The number of hydrogen-bond donors (Lipinski definition) is 1. The van der Waals surface area contributed by atoms with Crippen LogP contribution in [0.25, 0.3) is 27.6 Å². The molecule has 1 heterocycles. The summed E-state index contributed by atoms with van der Waals surface area (Å²) in [4.78, 5) is 12.9. The molecule has 4 aromatic rings. The van der Waals surface area contributed by atoms with E-state index < -0.39 is 0 Å². The summed E-state index contributed by atoms with van der Waals surface area (Å²) >= 11 is 0. The van der Waals surface area contributed by atoms with Gasteiger partial charge in [0, 0.05) is 51.6 Å². The van der Waals surface area contributed by atoms with Crippen LogP contribution in [0.4, 0.5) is 0 Å². The van der Waals surface area contributed by atoms with Crippen molar-refractivity contribution in [3.63, 3.8) is 0 Å². The Morgan fingerprint density at radius 1 is 0.900 bits per heavy atom. The van der Waals surface area contributed by atoms with Crippen molar-refractivity contribution in [2.75, 3.05) is 14.2 Å². The van der Waals surface area contributed by atoms with Crippen LogP contribution in [0.5, 0.6) is 11.5 Å². The Morgan fingerprint density at radius 2 is 1.57 bits per heavy atom. The molecule has 1 N–H and O–H groups in total. The van der Waals surface area contributed by atoms with Gasteiger partial charge in [0.1, 0.15) is 17.3 Å². The predicted octanol–water partition coefficient (Wildman–Crippen LogP) is 5.61. The minimum absolute atomic E-state index is 0.145. The number of aryl methyl sites for hydroxylation is 1. The average Bonchev–Trinajstić information content (AvgIpc) is 3.11. The lowest BCUT2D eigenvalue weighted by Crippen LogP contribution is -1.98. The summed E-state index contributed by atoms with van der Waals surface area (Å²) < 4.78 is 12.7. The molecule has 0 atom stereocenters. The first-order chi connectivity index (χ1) is 14.5. The first kappa shape index (κ1) is 19.6. The first-order valence-electron chi connectivity index (χ1n) is 9.75. The van der Waals surface area contributed by atoms with Crippen LogP contribution < -0.4 is 9.47 Å². The average molecular weight is 401 g/mol. The Morgan fingerprint density at radius 3 is 2.23 bits per heavy atom. The molecule has 0 radical (unpaired) electrons. The molecule has 1 aromatic heterocycles. The number of rotatable bonds is 6. The Labute approximate surface area is 174 Å². The van der Waals surface area contributed by atoms with Crippen LogP contribution in [0.1, 0.15) is 22.8 Å². The van der Waals surface area contributed by atoms with Crippen LogP contribution in [0.3, 0.4) is 0 Å². The van der Waals surface area contributed by atoms with Crippen molar-refractivity contribution in [2.45, 2.75) is 13.5 Å². The number of benzene rings is 3. The van der Waals surface area contributed by atoms with Crippen LogP contribution in [0, 0.1) is 0 Å². The largest absolute Gasteiger partial charge is 0.507 e. The van der Waals surface area contributed by atoms with Gasteiger partial charge in [0.25, 0.3) is 0 Å². The van der Waals surface area contributed by atoms with Crippen LogP contribution >= 0.6 is 0 Å². The second-order valence-corrected chi connectivity index (χ2v) is 6.99. The Kier molecular flexibility index (Phi) is 5.19. The molecule has 0 saturated heterocycles. The number of nitrogens with zero attached hydrogens (tertiary/aromatic N) is 1. The molecule has 5 nitrogen and oxygen atoms in total. The zero-order chi connectivity index (χ0) is 21.3. The molecule has 152 valence electrons. The Balaban J connectivity index is 1.75. The number of allylic oxidation sites excluding steroid dienone is 1. The van der Waals surface area contributed by atoms with Gasteiger partial charge in [-0.2, -0.15) is 0 Å². The zero-order valence-electron chi connectivity index (χ0n) is 17.2. The molecule has 0 aliphatic rings. The van der Waals surface area contributed by atoms with Gasteiger partial charge in [0.15, 0.2) is 5.78 Å². The first-order valence-corrected chi connectivity index (χ1v) is 9.75. The summed E-state index contributed by atoms with van der Waals surface area (Å²) in [7, 11) is 3.07. The van der Waals surface area contributed by atoms with Crippen LogP contribution in [0.2, 0.25) is 0 Å². The lowest BCUT2D eigenvalue weighted by atomic mass is 10.0. The van der Waals surface area contributed by atoms with Crippen molar-refractivity contribution in [1.29, 1.82) is 0 Å². The monoisotopic (exact) mass is 401 g/mol. The number of ketones is 1. The molecule has 4 rings (SSSR count). The third-order valence-corrected chi connectivity index (χ3v) is 5.29. The number of carbonyl (C=O) groups excluding carboxylic acids is 1. The molecule has 3 aromatic carbocycles. The highest BCUT2D eigenvalue weighted by molar-refractivity contribution is 6.14. The van der Waals surface area contributed by atoms with Crippen molar-refractivity contribution in [1.82, 2.24) is 4.57 Å². The van der Waals surface area contributed by atoms with Gasteiger partial charge in [0.05, 0.1) is 14.2 Å². The lowest BCUT2D eigenvalue weighted by molar-refractivity contribution is 0.104. The number of aliphatic hydroxyl groups is 1. The van der Waals surface area contributed by atoms with Gasteiger partial charge in [-0.15, -0.1) is 0 Å². The predicted molar refractivity (Wildman–Crippen MR) is 120 cm³/mol. The molecular weight excluding hydrogens is 378 g/mol. The number of aromatic nitrogens is 1. The van der Waals surface area contributed by atoms with Gasteiger partial charge in [-0.05, 0) is 43.3 Å². The molecule has 0 spiro atoms. The van der Waals surface area contributed by atoms with E-state index in [9.17, 15) is 9.90 Å². The molecule has 0 bridgehead atoms. The maximum Gasteiger partial charge on any atom is 0.189 e. The SMILES string of the molecule is CCn1c2ccccc2c2cc(C(=O)/C=C(\O)c3cc(OC)cc(OC)c3)ccc21. The molecule has 0 fully saturated rings. The zero-order valence-corrected chi connectivity index (χ0v) is 17.2. The fourth-order valence-electron chi connectivity index (χ4n) is 3.79. The van der Waals surface area contributed by atoms with E-state index in [1.807, 2.05) is 24.3 Å². The van der Waals surface area contributed by atoms with Crippen LogP contribution in [-0.2, 0) is 6.54 Å². The normalized spacial score (nSPS) is 11.8. The summed E-state index contributed by atoms with van der Waals surface area (Å²) in [6.07, 6.45) is 1.23. The molecule has 5 heteroatoms. The topological polar surface area (TPSA) is 60.7 Å². The number of fused-ring (bicyclic) bond motifs is 3. The van der Waals surface area contributed by atoms with E-state index in [4.69, 9.17) is 9.47 Å². The number of aliphatic hydroxyl groups excluding tert-OH is 1. The number of ether oxygens (including phenoxy) is 2. The van der Waals surface area contributed by atoms with E-state index >= 15 is 0 Å². The molecule has 30 heavy (non-hydrogen) atoms. The second kappa shape index (κ2) is 7.95. The van der Waals surface area contributed by atoms with Crippen molar-refractivity contribution in [2.24, 2.45) is 0 Å². The summed E-state index contributed by atoms with van der Waals surface area (Å²) in [5.74, 6) is 0.647. The molecule has 0 aliphatic heterocycles. The van der Waals surface area contributed by atoms with E-state index in [0.29, 0.717) is 22.6 Å². The molecule has 0 unspecified atom stereocenters. The van der Waals surface area contributed by atoms with Gasteiger partial charge >= 0.3 is 0 Å². The maximum absolute atomic E-state index is 12.9. The Hall–Kier alpha value is -3.73. The smallest absolute Gasteiger partial charge is 0.189 e. The van der Waals surface area contributed by atoms with E-state index in [-0.39, 0.29) is 11.5 Å². The summed E-state index contributed by atoms with van der Waals surface area (Å²) in [5, 5.41) is 12.7. The highest BCUT2D eigenvalue weighted by Crippen LogP contribution is 2.30. The standard InChI is InChI=1S/C25H23NO4/c1-4-26-22-8-6-5-7-20(22)21-13-16(9-10-23(21)26)24(27)15-25(28)17-11-18(29-2)14-19(12-17)30-3/h5-15,28H,4H2,1-3H3/b25-15-. The fourth-order valence-corrected chi connectivity index (χ4v) is 3.79. The Bertz CT molecular complexity index is 1260. The third-order valence-electron chi connectivity index (χ3n) is 5.29. The van der Waals surface area contributed by atoms with Crippen molar-refractivity contribution in [3.8, 4) is 11.5 Å². The molecule has 0 aliphatic carbocycles. The van der Waals surface area contributed by atoms with Crippen molar-refractivity contribution in [3.05, 3.63) is 77.9 Å². The van der Waals surface area contributed by atoms with E-state index in [1.54, 1.807) is 24.3 Å². The van der Waals surface area contributed by atoms with Gasteiger partial charge in [0.2, 0.25) is 0 Å². The van der Waals surface area contributed by atoms with Crippen molar-refractivity contribution < 1.29 is 19.4 Å². The quantitative estimate of drug-likeness (QED) is 0.259. The summed E-state index contributed by atoms with van der Waals surface area (Å²) in [6, 6.07) is 18.8. The highest BCUT2D eigenvalue weighted by atomic mass is 16.5. The fraction of sp³-hybridized carbons (Fsp3) is 0.160. The van der Waals surface area contributed by atoms with Crippen molar-refractivity contribution >= 4 is 33.3 Å². The third kappa shape index (κ3) is 3.39. The lowest BCUT2D eigenvalue weighted by Gasteiger charge is -2.08. The molecular formula is C25H23NO4. The van der Waals surface area contributed by atoms with Gasteiger partial charge in [-0.1, -0.05) is 18.2 Å². The van der Waals surface area contributed by atoms with Gasteiger partial charge in [-0.3, -0.25) is 4.79 Å². The second-order valence-electron chi connectivity index (χ2n) is 6.99.